The Kier molecular flexibility index (Phi) is 4.14. The number of benzene rings is 1. The highest BCUT2D eigenvalue weighted by Gasteiger charge is 2.54. The fraction of sp³-hybridized carbons (Fsp3) is 0.444. The Bertz CT molecular complexity index is 758. The fourth-order valence-electron chi connectivity index (χ4n) is 2.90. The summed E-state index contributed by atoms with van der Waals surface area (Å²) in [5.74, 6) is -1.30. The molecule has 0 radical (unpaired) electrons. The van der Waals surface area contributed by atoms with Gasteiger partial charge >= 0.3 is 13.1 Å². The quantitative estimate of drug-likeness (QED) is 0.872. The molecule has 0 spiro atoms. The van der Waals surface area contributed by atoms with Crippen molar-refractivity contribution >= 4 is 24.0 Å². The van der Waals surface area contributed by atoms with Gasteiger partial charge < -0.3 is 14.4 Å². The van der Waals surface area contributed by atoms with Crippen molar-refractivity contribution in [3.8, 4) is 0 Å². The Labute approximate surface area is 142 Å². The highest BCUT2D eigenvalue weighted by atomic mass is 16.7. The first kappa shape index (κ1) is 16.9. The van der Waals surface area contributed by atoms with E-state index in [1.807, 2.05) is 58.0 Å². The number of aliphatic carboxylic acids is 1. The number of carbonyl (C=O) groups is 1. The van der Waals surface area contributed by atoms with Crippen LogP contribution < -0.4 is 0 Å². The van der Waals surface area contributed by atoms with Crippen LogP contribution in [-0.4, -0.2) is 34.4 Å². The van der Waals surface area contributed by atoms with Crippen molar-refractivity contribution in [1.82, 2.24) is 4.98 Å². The van der Waals surface area contributed by atoms with Gasteiger partial charge in [0.1, 0.15) is 0 Å². The molecule has 1 N–H and O–H groups in total. The van der Waals surface area contributed by atoms with E-state index in [0.29, 0.717) is 0 Å². The third-order valence-electron chi connectivity index (χ3n) is 5.03. The van der Waals surface area contributed by atoms with Crippen LogP contribution in [0.2, 0.25) is 0 Å². The molecule has 2 aromatic rings. The first-order valence-electron chi connectivity index (χ1n) is 8.12. The van der Waals surface area contributed by atoms with Gasteiger partial charge in [-0.3, -0.25) is 9.78 Å². The molecule has 0 amide bonds. The number of pyridine rings is 1. The second-order valence-electron chi connectivity index (χ2n) is 7.29. The number of para-hydroxylation sites is 1. The lowest BCUT2D eigenvalue weighted by atomic mass is 9.66. The normalized spacial score (nSPS) is 20.2. The van der Waals surface area contributed by atoms with Crippen molar-refractivity contribution in [2.45, 2.75) is 51.1 Å². The van der Waals surface area contributed by atoms with Crippen LogP contribution in [0.3, 0.4) is 0 Å². The number of carboxylic acid groups (broad SMARTS) is 1. The number of nitrogens with zero attached hydrogens (tertiary/aromatic N) is 1. The minimum Gasteiger partial charge on any atom is -0.481 e. The van der Waals surface area contributed by atoms with Gasteiger partial charge in [-0.2, -0.15) is 0 Å². The molecule has 1 atom stereocenters. The van der Waals surface area contributed by atoms with Gasteiger partial charge in [0.15, 0.2) is 0 Å². The van der Waals surface area contributed by atoms with E-state index in [4.69, 9.17) is 9.31 Å². The monoisotopic (exact) mass is 327 g/mol. The van der Waals surface area contributed by atoms with Crippen molar-refractivity contribution in [3.05, 3.63) is 42.1 Å². The fourth-order valence-corrected chi connectivity index (χ4v) is 2.90. The summed E-state index contributed by atoms with van der Waals surface area (Å²) >= 11 is 0. The van der Waals surface area contributed by atoms with Gasteiger partial charge in [-0.15, -0.1) is 0 Å². The lowest BCUT2D eigenvalue weighted by molar-refractivity contribution is -0.137. The van der Waals surface area contributed by atoms with E-state index in [9.17, 15) is 9.90 Å². The number of rotatable bonds is 4. The van der Waals surface area contributed by atoms with Gasteiger partial charge in [0.25, 0.3) is 0 Å². The third-order valence-corrected chi connectivity index (χ3v) is 5.03. The first-order valence-corrected chi connectivity index (χ1v) is 8.12. The third kappa shape index (κ3) is 3.04. The number of fused-ring (bicyclic) bond motifs is 1. The maximum Gasteiger partial charge on any atom is 0.466 e. The van der Waals surface area contributed by atoms with Gasteiger partial charge in [-0.1, -0.05) is 18.2 Å². The van der Waals surface area contributed by atoms with E-state index in [0.717, 1.165) is 16.5 Å². The molecule has 3 rings (SSSR count). The molecule has 1 aliphatic rings. The largest absolute Gasteiger partial charge is 0.481 e. The highest BCUT2D eigenvalue weighted by molar-refractivity contribution is 6.48. The van der Waals surface area contributed by atoms with E-state index < -0.39 is 30.1 Å². The van der Waals surface area contributed by atoms with E-state index in [2.05, 4.69) is 4.98 Å². The lowest BCUT2D eigenvalue weighted by Crippen LogP contribution is -2.41. The SMILES string of the molecule is CC1(C)OB(C(CC(=O)O)c2cnc3ccccc3c2)OC1(C)C. The number of hydrogen-bond donors (Lipinski definition) is 1. The molecule has 1 fully saturated rings. The molecule has 1 aliphatic heterocycles. The zero-order valence-corrected chi connectivity index (χ0v) is 14.4. The molecule has 1 saturated heterocycles. The summed E-state index contributed by atoms with van der Waals surface area (Å²) in [6.07, 6.45) is 1.65. The van der Waals surface area contributed by atoms with Crippen LogP contribution in [-0.2, 0) is 14.1 Å². The molecular formula is C18H22BNO4. The topological polar surface area (TPSA) is 68.7 Å². The van der Waals surface area contributed by atoms with Crippen molar-refractivity contribution in [2.24, 2.45) is 0 Å². The summed E-state index contributed by atoms with van der Waals surface area (Å²) in [4.78, 5) is 15.8. The van der Waals surface area contributed by atoms with Gasteiger partial charge in [-0.05, 0) is 45.4 Å². The molecule has 126 valence electrons. The van der Waals surface area contributed by atoms with E-state index in [1.165, 1.54) is 0 Å². The second-order valence-corrected chi connectivity index (χ2v) is 7.29. The van der Waals surface area contributed by atoms with Gasteiger partial charge in [0.2, 0.25) is 0 Å². The molecular weight excluding hydrogens is 305 g/mol. The van der Waals surface area contributed by atoms with E-state index in [1.54, 1.807) is 6.20 Å². The maximum absolute atomic E-state index is 11.4. The summed E-state index contributed by atoms with van der Waals surface area (Å²) in [6, 6.07) is 9.74. The molecule has 5 nitrogen and oxygen atoms in total. The Hall–Kier alpha value is -1.92. The van der Waals surface area contributed by atoms with Crippen LogP contribution in [0.1, 0.15) is 45.5 Å². The first-order chi connectivity index (χ1) is 11.2. The molecule has 1 unspecified atom stereocenters. The lowest BCUT2D eigenvalue weighted by Gasteiger charge is -2.32. The van der Waals surface area contributed by atoms with Crippen LogP contribution in [0, 0.1) is 0 Å². The summed E-state index contributed by atoms with van der Waals surface area (Å²) in [5.41, 5.74) is 0.691. The minimum atomic E-state index is -0.886. The number of aromatic nitrogens is 1. The Balaban J connectivity index is 1.98. The molecule has 1 aromatic heterocycles. The van der Waals surface area contributed by atoms with Gasteiger partial charge in [0.05, 0.1) is 23.1 Å². The predicted molar refractivity (Wildman–Crippen MR) is 92.8 cm³/mol. The van der Waals surface area contributed by atoms with Crippen LogP contribution in [0.15, 0.2) is 36.5 Å². The van der Waals surface area contributed by atoms with E-state index in [-0.39, 0.29) is 6.42 Å². The molecule has 0 saturated carbocycles. The zero-order valence-electron chi connectivity index (χ0n) is 14.4. The summed E-state index contributed by atoms with van der Waals surface area (Å²) in [5, 5.41) is 10.3. The smallest absolute Gasteiger partial charge is 0.466 e. The second kappa shape index (κ2) is 5.86. The van der Waals surface area contributed by atoms with Gasteiger partial charge in [0, 0.05) is 17.4 Å². The van der Waals surface area contributed by atoms with Crippen LogP contribution in [0.25, 0.3) is 10.9 Å². The van der Waals surface area contributed by atoms with Crippen molar-refractivity contribution < 1.29 is 19.2 Å². The number of hydrogen-bond acceptors (Lipinski definition) is 4. The van der Waals surface area contributed by atoms with Crippen LogP contribution >= 0.6 is 0 Å². The summed E-state index contributed by atoms with van der Waals surface area (Å²) in [7, 11) is -0.617. The molecule has 0 aliphatic carbocycles. The molecule has 24 heavy (non-hydrogen) atoms. The molecule has 6 heteroatoms. The summed E-state index contributed by atoms with van der Waals surface area (Å²) < 4.78 is 12.2. The standard InChI is InChI=1S/C18H22BNO4/c1-17(2)18(3,4)24-19(23-17)14(10-16(21)22)13-9-12-7-5-6-8-15(12)20-11-13/h5-9,11,14H,10H2,1-4H3,(H,21,22). The van der Waals surface area contributed by atoms with E-state index >= 15 is 0 Å². The Morgan fingerprint density at radius 2 is 1.83 bits per heavy atom. The van der Waals surface area contributed by atoms with Crippen molar-refractivity contribution in [3.63, 3.8) is 0 Å². The molecule has 1 aromatic carbocycles. The Morgan fingerprint density at radius 3 is 2.46 bits per heavy atom. The summed E-state index contributed by atoms with van der Waals surface area (Å²) in [6.45, 7) is 7.85. The Morgan fingerprint density at radius 1 is 1.21 bits per heavy atom. The van der Waals surface area contributed by atoms with Crippen LogP contribution in [0.4, 0.5) is 0 Å². The average molecular weight is 327 g/mol. The minimum absolute atomic E-state index is 0.0726. The van der Waals surface area contributed by atoms with Crippen molar-refractivity contribution in [2.75, 3.05) is 0 Å². The van der Waals surface area contributed by atoms with Crippen LogP contribution in [0.5, 0.6) is 0 Å². The highest BCUT2D eigenvalue weighted by Crippen LogP contribution is 2.41. The van der Waals surface area contributed by atoms with Crippen molar-refractivity contribution in [1.29, 1.82) is 0 Å². The molecule has 0 bridgehead atoms. The van der Waals surface area contributed by atoms with Gasteiger partial charge in [-0.25, -0.2) is 0 Å². The maximum atomic E-state index is 11.4. The number of carboxylic acids is 1. The molecule has 2 heterocycles. The zero-order chi connectivity index (χ0) is 17.5. The average Bonchev–Trinajstić information content (AvgIpc) is 2.72. The predicted octanol–water partition coefficient (Wildman–Crippen LogP) is 3.42.